The van der Waals surface area contributed by atoms with Gasteiger partial charge in [0.25, 0.3) is 0 Å². The quantitative estimate of drug-likeness (QED) is 0.616. The molecule has 0 aromatic heterocycles. The molecule has 3 aromatic rings. The van der Waals surface area contributed by atoms with Gasteiger partial charge < -0.3 is 14.5 Å². The first-order valence-corrected chi connectivity index (χ1v) is 10.2. The number of nitrogens with zero attached hydrogens (tertiary/aromatic N) is 2. The van der Waals surface area contributed by atoms with Crippen molar-refractivity contribution in [3.63, 3.8) is 0 Å². The van der Waals surface area contributed by atoms with Gasteiger partial charge in [-0.05, 0) is 66.5 Å². The lowest BCUT2D eigenvalue weighted by Gasteiger charge is -2.34. The molecule has 0 unspecified atom stereocenters. The molecule has 0 amide bonds. The molecule has 1 saturated heterocycles. The Labute approximate surface area is 166 Å². The lowest BCUT2D eigenvalue weighted by atomic mass is 10.1. The fourth-order valence-electron chi connectivity index (χ4n) is 3.27. The maximum atomic E-state index is 3.45. The maximum absolute atomic E-state index is 3.45. The summed E-state index contributed by atoms with van der Waals surface area (Å²) in [5.41, 5.74) is 4.94. The second-order valence-electron chi connectivity index (χ2n) is 6.93. The van der Waals surface area contributed by atoms with Crippen LogP contribution in [0.4, 0.5) is 11.4 Å². The van der Waals surface area contributed by atoms with Crippen molar-refractivity contribution in [1.82, 2.24) is 4.90 Å². The van der Waals surface area contributed by atoms with Gasteiger partial charge in [-0.25, -0.2) is 0 Å². The summed E-state index contributed by atoms with van der Waals surface area (Å²) in [5, 5.41) is 0. The van der Waals surface area contributed by atoms with Crippen LogP contribution in [-0.2, 0) is 0 Å². The first kappa shape index (κ1) is 18.0. The molecule has 0 bridgehead atoms. The van der Waals surface area contributed by atoms with Crippen molar-refractivity contribution in [1.29, 1.82) is 0 Å². The van der Waals surface area contributed by atoms with E-state index in [9.17, 15) is 0 Å². The summed E-state index contributed by atoms with van der Waals surface area (Å²) in [7, 11) is 2.19. The van der Waals surface area contributed by atoms with Crippen LogP contribution in [-0.4, -0.2) is 38.1 Å². The molecular formula is C23H25N3S. The number of hydrogen-bond donors (Lipinski definition) is 1. The second kappa shape index (κ2) is 8.51. The van der Waals surface area contributed by atoms with Crippen molar-refractivity contribution in [2.24, 2.45) is 0 Å². The van der Waals surface area contributed by atoms with E-state index in [0.29, 0.717) is 0 Å². The summed E-state index contributed by atoms with van der Waals surface area (Å²) < 4.78 is 3.45. The Kier molecular flexibility index (Phi) is 5.66. The predicted octanol–water partition coefficient (Wildman–Crippen LogP) is 5.22. The van der Waals surface area contributed by atoms with Crippen LogP contribution in [0.2, 0.25) is 0 Å². The van der Waals surface area contributed by atoms with E-state index < -0.39 is 0 Å². The van der Waals surface area contributed by atoms with Crippen molar-refractivity contribution in [3.8, 4) is 11.1 Å². The van der Waals surface area contributed by atoms with E-state index in [2.05, 4.69) is 94.4 Å². The number of benzene rings is 3. The van der Waals surface area contributed by atoms with Crippen molar-refractivity contribution in [2.45, 2.75) is 4.90 Å². The molecule has 27 heavy (non-hydrogen) atoms. The molecule has 4 rings (SSSR count). The first-order valence-electron chi connectivity index (χ1n) is 9.40. The summed E-state index contributed by atoms with van der Waals surface area (Å²) in [6.45, 7) is 4.47. The van der Waals surface area contributed by atoms with Crippen LogP contribution < -0.4 is 9.62 Å². The van der Waals surface area contributed by atoms with Crippen LogP contribution in [0, 0.1) is 0 Å². The van der Waals surface area contributed by atoms with Gasteiger partial charge in [0.1, 0.15) is 0 Å². The second-order valence-corrected chi connectivity index (χ2v) is 7.81. The number of hydrogen-bond acceptors (Lipinski definition) is 4. The molecular weight excluding hydrogens is 350 g/mol. The molecule has 1 aliphatic rings. The summed E-state index contributed by atoms with van der Waals surface area (Å²) >= 11 is 1.65. The number of piperazine rings is 1. The zero-order valence-electron chi connectivity index (χ0n) is 15.6. The van der Waals surface area contributed by atoms with Gasteiger partial charge in [0.15, 0.2) is 0 Å². The van der Waals surface area contributed by atoms with Crippen molar-refractivity contribution >= 4 is 23.3 Å². The highest BCUT2D eigenvalue weighted by atomic mass is 32.2. The molecule has 3 aromatic carbocycles. The molecule has 1 fully saturated rings. The minimum atomic E-state index is 1.10. The third-order valence-corrected chi connectivity index (χ3v) is 5.83. The molecule has 138 valence electrons. The minimum Gasteiger partial charge on any atom is -0.369 e. The van der Waals surface area contributed by atoms with E-state index in [1.165, 1.54) is 21.7 Å². The fraction of sp³-hybridized carbons (Fsp3) is 0.217. The highest BCUT2D eigenvalue weighted by Crippen LogP contribution is 2.26. The Balaban J connectivity index is 1.33. The lowest BCUT2D eigenvalue weighted by molar-refractivity contribution is 0.313. The smallest absolute Gasteiger partial charge is 0.0444 e. The highest BCUT2D eigenvalue weighted by molar-refractivity contribution is 8.00. The van der Waals surface area contributed by atoms with Crippen molar-refractivity contribution < 1.29 is 0 Å². The molecule has 0 atom stereocenters. The standard InChI is InChI=1S/C23H25N3S/c1-25-15-17-26(18-16-25)22-11-9-21(10-12-22)24-27-23-13-7-20(8-14-23)19-5-3-2-4-6-19/h2-14,24H,15-18H2,1H3. The molecule has 0 aliphatic carbocycles. The van der Waals surface area contributed by atoms with E-state index in [1.54, 1.807) is 11.9 Å². The Bertz CT molecular complexity index is 839. The molecule has 3 nitrogen and oxygen atoms in total. The zero-order valence-corrected chi connectivity index (χ0v) is 16.5. The van der Waals surface area contributed by atoms with Crippen molar-refractivity contribution in [3.05, 3.63) is 78.9 Å². The maximum Gasteiger partial charge on any atom is 0.0444 e. The Hall–Kier alpha value is -2.43. The fourth-order valence-corrected chi connectivity index (χ4v) is 3.91. The van der Waals surface area contributed by atoms with E-state index in [-0.39, 0.29) is 0 Å². The van der Waals surface area contributed by atoms with Gasteiger partial charge in [-0.3, -0.25) is 0 Å². The van der Waals surface area contributed by atoms with Crippen LogP contribution in [0.5, 0.6) is 0 Å². The Morgan fingerprint density at radius 1 is 0.704 bits per heavy atom. The van der Waals surface area contributed by atoms with E-state index in [4.69, 9.17) is 0 Å². The molecule has 1 heterocycles. The summed E-state index contributed by atoms with van der Waals surface area (Å²) in [6.07, 6.45) is 0. The third-order valence-electron chi connectivity index (χ3n) is 4.98. The van der Waals surface area contributed by atoms with Gasteiger partial charge in [0, 0.05) is 42.4 Å². The number of nitrogens with one attached hydrogen (secondary N) is 1. The summed E-state index contributed by atoms with van der Waals surface area (Å²) in [4.78, 5) is 6.04. The summed E-state index contributed by atoms with van der Waals surface area (Å²) in [5.74, 6) is 0. The van der Waals surface area contributed by atoms with Gasteiger partial charge in [-0.15, -0.1) is 0 Å². The van der Waals surface area contributed by atoms with Crippen molar-refractivity contribution in [2.75, 3.05) is 42.8 Å². The normalized spacial score (nSPS) is 14.9. The van der Waals surface area contributed by atoms with E-state index in [0.717, 1.165) is 31.9 Å². The average molecular weight is 376 g/mol. The largest absolute Gasteiger partial charge is 0.369 e. The lowest BCUT2D eigenvalue weighted by Crippen LogP contribution is -2.44. The number of anilines is 2. The Morgan fingerprint density at radius 2 is 1.33 bits per heavy atom. The molecule has 1 aliphatic heterocycles. The van der Waals surface area contributed by atoms with Gasteiger partial charge in [0.05, 0.1) is 0 Å². The molecule has 4 heteroatoms. The van der Waals surface area contributed by atoms with E-state index in [1.807, 2.05) is 6.07 Å². The monoisotopic (exact) mass is 375 g/mol. The van der Waals surface area contributed by atoms with E-state index >= 15 is 0 Å². The number of likely N-dealkylation sites (N-methyl/N-ethyl adjacent to an activating group) is 1. The van der Waals surface area contributed by atoms with Crippen LogP contribution >= 0.6 is 11.9 Å². The minimum absolute atomic E-state index is 1.10. The zero-order chi connectivity index (χ0) is 18.5. The molecule has 0 spiro atoms. The average Bonchev–Trinajstić information content (AvgIpc) is 2.74. The van der Waals surface area contributed by atoms with Crippen LogP contribution in [0.3, 0.4) is 0 Å². The summed E-state index contributed by atoms with van der Waals surface area (Å²) in [6, 6.07) is 27.9. The molecule has 0 saturated carbocycles. The topological polar surface area (TPSA) is 18.5 Å². The van der Waals surface area contributed by atoms with Gasteiger partial charge in [0.2, 0.25) is 0 Å². The van der Waals surface area contributed by atoms with Gasteiger partial charge >= 0.3 is 0 Å². The van der Waals surface area contributed by atoms with Crippen LogP contribution in [0.25, 0.3) is 11.1 Å². The van der Waals surface area contributed by atoms with Gasteiger partial charge in [-0.2, -0.15) is 0 Å². The SMILES string of the molecule is CN1CCN(c2ccc(NSc3ccc(-c4ccccc4)cc3)cc2)CC1. The van der Waals surface area contributed by atoms with Gasteiger partial charge in [-0.1, -0.05) is 42.5 Å². The first-order chi connectivity index (χ1) is 13.3. The number of rotatable bonds is 5. The third kappa shape index (κ3) is 4.65. The molecule has 0 radical (unpaired) electrons. The predicted molar refractivity (Wildman–Crippen MR) is 118 cm³/mol. The highest BCUT2D eigenvalue weighted by Gasteiger charge is 2.13. The van der Waals surface area contributed by atoms with Crippen LogP contribution in [0.1, 0.15) is 0 Å². The van der Waals surface area contributed by atoms with Crippen LogP contribution in [0.15, 0.2) is 83.8 Å². The Morgan fingerprint density at radius 3 is 2.00 bits per heavy atom. The molecule has 1 N–H and O–H groups in total.